The Hall–Kier alpha value is -1.54. The summed E-state index contributed by atoms with van der Waals surface area (Å²) in [6.07, 6.45) is 0. The second kappa shape index (κ2) is 2.99. The molecule has 0 unspecified atom stereocenters. The lowest BCUT2D eigenvalue weighted by Gasteiger charge is -2.18. The van der Waals surface area contributed by atoms with Crippen molar-refractivity contribution in [2.75, 3.05) is 0 Å². The Bertz CT molecular complexity index is 392. The van der Waals surface area contributed by atoms with Crippen molar-refractivity contribution in [2.45, 2.75) is 0 Å². The van der Waals surface area contributed by atoms with Gasteiger partial charge in [-0.2, -0.15) is 0 Å². The van der Waals surface area contributed by atoms with Crippen molar-refractivity contribution in [2.24, 2.45) is 0 Å². The third-order valence-electron chi connectivity index (χ3n) is 2.46. The van der Waals surface area contributed by atoms with Gasteiger partial charge in [-0.25, -0.2) is 0 Å². The van der Waals surface area contributed by atoms with E-state index in [1.807, 2.05) is 30.3 Å². The van der Waals surface area contributed by atoms with E-state index < -0.39 is 0 Å². The lowest BCUT2D eigenvalue weighted by molar-refractivity contribution is 0.488. The number of hydrogen-bond donors (Lipinski definition) is 0. The largest absolute Gasteiger partial charge is 0.458 e. The average Bonchev–Trinajstić information content (AvgIpc) is 2.26. The molecule has 67 valence electrons. The van der Waals surface area contributed by atoms with Gasteiger partial charge in [-0.05, 0) is 28.6 Å². The summed E-state index contributed by atoms with van der Waals surface area (Å²) in [5.41, 5.74) is 0. The van der Waals surface area contributed by atoms with Gasteiger partial charge < -0.3 is 4.74 Å². The molecule has 0 aliphatic carbocycles. The Morgan fingerprint density at radius 2 is 1.86 bits per heavy atom. The minimum absolute atomic E-state index is 0.375. The molecule has 0 bridgehead atoms. The number of fused-ring (bicyclic) bond motifs is 2. The molecule has 1 aliphatic heterocycles. The number of benzene rings is 2. The minimum atomic E-state index is -0.375. The second-order valence-corrected chi connectivity index (χ2v) is 5.22. The van der Waals surface area contributed by atoms with Crippen LogP contribution in [-0.2, 0) is 0 Å². The van der Waals surface area contributed by atoms with Crippen LogP contribution in [0.2, 0.25) is 0 Å². The molecule has 14 heavy (non-hydrogen) atoms. The molecule has 0 saturated carbocycles. The van der Waals surface area contributed by atoms with E-state index in [0.717, 1.165) is 11.5 Å². The topological polar surface area (TPSA) is 9.23 Å². The van der Waals surface area contributed by atoms with Crippen molar-refractivity contribution in [3.05, 3.63) is 48.5 Å². The van der Waals surface area contributed by atoms with Crippen LogP contribution in [0.15, 0.2) is 42.5 Å². The van der Waals surface area contributed by atoms with E-state index in [4.69, 9.17) is 4.74 Å². The maximum Gasteiger partial charge on any atom is 0.126 e. The van der Waals surface area contributed by atoms with Crippen molar-refractivity contribution >= 4 is 19.9 Å². The Labute approximate surface area is 85.2 Å². The van der Waals surface area contributed by atoms with Crippen LogP contribution in [0.3, 0.4) is 0 Å². The standard InChI is InChI=1S/C12H9OSi/c1-3-7-11-9(5-1)13-10-6-2-4-8-12(10)14-11/h1-7H,14H2. The summed E-state index contributed by atoms with van der Waals surface area (Å²) >= 11 is 0. The van der Waals surface area contributed by atoms with Gasteiger partial charge in [-0.15, -0.1) is 0 Å². The van der Waals surface area contributed by atoms with Crippen LogP contribution < -0.4 is 15.1 Å². The zero-order valence-corrected chi connectivity index (χ0v) is 9.07. The Morgan fingerprint density at radius 3 is 2.86 bits per heavy atom. The summed E-state index contributed by atoms with van der Waals surface area (Å²) in [4.78, 5) is 0. The molecule has 0 aromatic heterocycles. The smallest absolute Gasteiger partial charge is 0.126 e. The van der Waals surface area contributed by atoms with Crippen LogP contribution in [0, 0.1) is 6.07 Å². The highest BCUT2D eigenvalue weighted by molar-refractivity contribution is 6.69. The fraction of sp³-hybridized carbons (Fsp3) is 0. The molecule has 1 aliphatic rings. The Kier molecular flexibility index (Phi) is 1.67. The predicted octanol–water partition coefficient (Wildman–Crippen LogP) is 0.712. The van der Waals surface area contributed by atoms with E-state index in [9.17, 15) is 0 Å². The molecule has 0 saturated heterocycles. The quantitative estimate of drug-likeness (QED) is 0.482. The summed E-state index contributed by atoms with van der Waals surface area (Å²) in [7, 11) is -0.375. The lowest BCUT2D eigenvalue weighted by Crippen LogP contribution is -2.33. The second-order valence-electron chi connectivity index (χ2n) is 3.40. The summed E-state index contributed by atoms with van der Waals surface area (Å²) in [5.74, 6) is 2.03. The lowest BCUT2D eigenvalue weighted by atomic mass is 10.3. The van der Waals surface area contributed by atoms with Crippen LogP contribution in [0.4, 0.5) is 0 Å². The summed E-state index contributed by atoms with van der Waals surface area (Å²) in [6, 6.07) is 17.5. The van der Waals surface area contributed by atoms with Gasteiger partial charge >= 0.3 is 0 Å². The van der Waals surface area contributed by atoms with Crippen LogP contribution in [0.25, 0.3) is 0 Å². The highest BCUT2D eigenvalue weighted by atomic mass is 28.2. The van der Waals surface area contributed by atoms with Crippen LogP contribution >= 0.6 is 0 Å². The van der Waals surface area contributed by atoms with E-state index in [1.165, 1.54) is 10.4 Å². The van der Waals surface area contributed by atoms with Gasteiger partial charge in [-0.3, -0.25) is 0 Å². The SMILES string of the molecule is [c]1cccc2c1[SiH2]c1ccccc1O2. The zero-order valence-electron chi connectivity index (χ0n) is 7.66. The molecular weight excluding hydrogens is 188 g/mol. The van der Waals surface area contributed by atoms with Crippen molar-refractivity contribution in [1.82, 2.24) is 0 Å². The number of para-hydroxylation sites is 1. The highest BCUT2D eigenvalue weighted by Crippen LogP contribution is 2.20. The molecular formula is C12H9OSi. The van der Waals surface area contributed by atoms with Crippen molar-refractivity contribution < 1.29 is 4.74 Å². The Balaban J connectivity index is 2.12. The molecule has 0 amide bonds. The molecule has 1 radical (unpaired) electrons. The molecule has 0 N–H and O–H groups in total. The van der Waals surface area contributed by atoms with E-state index in [-0.39, 0.29) is 9.52 Å². The van der Waals surface area contributed by atoms with Crippen molar-refractivity contribution in [3.8, 4) is 11.5 Å². The maximum absolute atomic E-state index is 5.78. The molecule has 2 aromatic rings. The molecule has 3 rings (SSSR count). The molecule has 0 spiro atoms. The van der Waals surface area contributed by atoms with Crippen LogP contribution in [0.1, 0.15) is 0 Å². The predicted molar refractivity (Wildman–Crippen MR) is 59.6 cm³/mol. The molecule has 2 heteroatoms. The fourth-order valence-electron chi connectivity index (χ4n) is 1.75. The number of rotatable bonds is 0. The fourth-order valence-corrected chi connectivity index (χ4v) is 3.33. The van der Waals surface area contributed by atoms with Gasteiger partial charge in [0.05, 0.1) is 9.52 Å². The van der Waals surface area contributed by atoms with Gasteiger partial charge in [-0.1, -0.05) is 30.3 Å². The monoisotopic (exact) mass is 197 g/mol. The first-order valence-corrected chi connectivity index (χ1v) is 6.10. The molecule has 0 atom stereocenters. The molecule has 1 heterocycles. The summed E-state index contributed by atoms with van der Waals surface area (Å²) in [5, 5.41) is 2.66. The first-order valence-electron chi connectivity index (χ1n) is 4.69. The van der Waals surface area contributed by atoms with E-state index in [1.54, 1.807) is 0 Å². The van der Waals surface area contributed by atoms with Crippen LogP contribution in [-0.4, -0.2) is 9.52 Å². The zero-order chi connectivity index (χ0) is 9.38. The van der Waals surface area contributed by atoms with Gasteiger partial charge in [0.15, 0.2) is 0 Å². The number of hydrogen-bond acceptors (Lipinski definition) is 1. The molecule has 0 fully saturated rings. The highest BCUT2D eigenvalue weighted by Gasteiger charge is 2.15. The maximum atomic E-state index is 5.78. The van der Waals surface area contributed by atoms with E-state index in [2.05, 4.69) is 18.2 Å². The van der Waals surface area contributed by atoms with Crippen LogP contribution in [0.5, 0.6) is 11.5 Å². The van der Waals surface area contributed by atoms with Crippen molar-refractivity contribution in [3.63, 3.8) is 0 Å². The molecule has 2 aromatic carbocycles. The average molecular weight is 197 g/mol. The van der Waals surface area contributed by atoms with Gasteiger partial charge in [0, 0.05) is 0 Å². The van der Waals surface area contributed by atoms with Gasteiger partial charge in [0.25, 0.3) is 0 Å². The van der Waals surface area contributed by atoms with Gasteiger partial charge in [0.1, 0.15) is 11.5 Å². The normalized spacial score (nSPS) is 12.6. The van der Waals surface area contributed by atoms with E-state index >= 15 is 0 Å². The number of ether oxygens (including phenoxy) is 1. The third kappa shape index (κ3) is 1.15. The first-order chi connectivity index (χ1) is 6.93. The van der Waals surface area contributed by atoms with Gasteiger partial charge in [0.2, 0.25) is 0 Å². The third-order valence-corrected chi connectivity index (χ3v) is 4.33. The van der Waals surface area contributed by atoms with Crippen molar-refractivity contribution in [1.29, 1.82) is 0 Å². The first kappa shape index (κ1) is 7.82. The summed E-state index contributed by atoms with van der Waals surface area (Å²) < 4.78 is 5.78. The Morgan fingerprint density at radius 1 is 1.00 bits per heavy atom. The van der Waals surface area contributed by atoms with E-state index in [0.29, 0.717) is 0 Å². The summed E-state index contributed by atoms with van der Waals surface area (Å²) in [6.45, 7) is 0. The molecule has 1 nitrogen and oxygen atoms in total. The minimum Gasteiger partial charge on any atom is -0.458 e.